The quantitative estimate of drug-likeness (QED) is 0.679. The number of hydrogen-bond donors (Lipinski definition) is 1. The van der Waals surface area contributed by atoms with E-state index in [0.29, 0.717) is 12.8 Å². The van der Waals surface area contributed by atoms with Crippen LogP contribution in [0.4, 0.5) is 8.78 Å². The van der Waals surface area contributed by atoms with E-state index in [-0.39, 0.29) is 29.4 Å². The number of hydrogen-bond acceptors (Lipinski definition) is 6. The third kappa shape index (κ3) is 4.30. The molecule has 1 N–H and O–H groups in total. The fourth-order valence-electron chi connectivity index (χ4n) is 4.39. The highest BCUT2D eigenvalue weighted by atomic mass is 35.5. The molecule has 2 aliphatic carbocycles. The van der Waals surface area contributed by atoms with Gasteiger partial charge in [0.1, 0.15) is 5.54 Å². The molecular formula is C20H21ClF2N4O4S. The van der Waals surface area contributed by atoms with Gasteiger partial charge in [-0.3, -0.25) is 9.59 Å². The lowest BCUT2D eigenvalue weighted by atomic mass is 9.93. The van der Waals surface area contributed by atoms with Crippen LogP contribution in [0.5, 0.6) is 0 Å². The molecule has 3 fully saturated rings. The number of nitrogens with zero attached hydrogens (tertiary/aromatic N) is 3. The molecule has 32 heavy (non-hydrogen) atoms. The molecule has 172 valence electrons. The van der Waals surface area contributed by atoms with Crippen LogP contribution in [0.15, 0.2) is 23.4 Å². The van der Waals surface area contributed by atoms with Crippen LogP contribution in [0.25, 0.3) is 0 Å². The van der Waals surface area contributed by atoms with Gasteiger partial charge in [-0.1, -0.05) is 11.6 Å². The number of sulfone groups is 1. The van der Waals surface area contributed by atoms with Crippen molar-refractivity contribution in [1.82, 2.24) is 15.2 Å². The van der Waals surface area contributed by atoms with E-state index in [9.17, 15) is 32.0 Å². The Morgan fingerprint density at radius 3 is 2.44 bits per heavy atom. The average molecular weight is 487 g/mol. The topological polar surface area (TPSA) is 120 Å². The van der Waals surface area contributed by atoms with Crippen LogP contribution >= 0.6 is 11.6 Å². The van der Waals surface area contributed by atoms with Gasteiger partial charge in [0, 0.05) is 19.2 Å². The summed E-state index contributed by atoms with van der Waals surface area (Å²) in [7, 11) is -4.00. The van der Waals surface area contributed by atoms with Gasteiger partial charge in [-0.25, -0.2) is 22.2 Å². The Balaban J connectivity index is 1.60. The van der Waals surface area contributed by atoms with Gasteiger partial charge in [0.05, 0.1) is 34.7 Å². The van der Waals surface area contributed by atoms with Crippen LogP contribution < -0.4 is 5.32 Å². The number of amides is 2. The van der Waals surface area contributed by atoms with Crippen LogP contribution in [-0.4, -0.2) is 59.9 Å². The molecule has 8 nitrogen and oxygen atoms in total. The van der Waals surface area contributed by atoms with Crippen molar-refractivity contribution in [2.24, 2.45) is 11.8 Å². The molecule has 0 aromatic carbocycles. The predicted molar refractivity (Wildman–Crippen MR) is 108 cm³/mol. The summed E-state index contributed by atoms with van der Waals surface area (Å²) in [6, 6.07) is 4.64. The fourth-order valence-corrected chi connectivity index (χ4v) is 6.22. The van der Waals surface area contributed by atoms with E-state index in [0.717, 1.165) is 4.90 Å². The minimum absolute atomic E-state index is 0.158. The zero-order valence-electron chi connectivity index (χ0n) is 16.9. The Morgan fingerprint density at radius 1 is 1.22 bits per heavy atom. The number of carbonyl (C=O) groups is 2. The molecular weight excluding hydrogens is 466 g/mol. The van der Waals surface area contributed by atoms with Gasteiger partial charge < -0.3 is 10.2 Å². The average Bonchev–Trinajstić information content (AvgIpc) is 3.19. The minimum Gasteiger partial charge on any atom is -0.338 e. The lowest BCUT2D eigenvalue weighted by molar-refractivity contribution is -0.141. The smallest absolute Gasteiger partial charge is 0.267 e. The molecule has 3 atom stereocenters. The van der Waals surface area contributed by atoms with Gasteiger partial charge in [-0.05, 0) is 37.8 Å². The maximum Gasteiger partial charge on any atom is 0.267 e. The van der Waals surface area contributed by atoms with E-state index in [1.165, 1.54) is 18.3 Å². The number of carbonyl (C=O) groups excluding carboxylic acids is 2. The first-order valence-corrected chi connectivity index (χ1v) is 12.1. The zero-order chi connectivity index (χ0) is 23.3. The van der Waals surface area contributed by atoms with Crippen molar-refractivity contribution in [3.05, 3.63) is 23.4 Å². The minimum atomic E-state index is -4.00. The number of aromatic nitrogens is 1. The van der Waals surface area contributed by atoms with Crippen molar-refractivity contribution in [2.75, 3.05) is 13.1 Å². The third-order valence-electron chi connectivity index (χ3n) is 6.41. The Morgan fingerprint density at radius 2 is 1.91 bits per heavy atom. The molecule has 4 rings (SSSR count). The van der Waals surface area contributed by atoms with Gasteiger partial charge in [-0.15, -0.1) is 0 Å². The van der Waals surface area contributed by atoms with Crippen molar-refractivity contribution in [3.8, 4) is 6.07 Å². The lowest BCUT2D eigenvalue weighted by Gasteiger charge is -2.24. The Labute approximate surface area is 188 Å². The Hall–Kier alpha value is -2.32. The molecule has 2 saturated carbocycles. The standard InChI is InChI=1S/C20H21ClF2N4O4S/c21-12-1-2-16(25-9-12)32(30,31)13-7-14(17(28)26-19(10-24)3-4-19)15(8-13)18(29)27-6-5-20(22,23)11-27/h1-2,9,13-15H,3-8,11H2,(H,26,28)/t13-,14+,15+/m0/s1. The van der Waals surface area contributed by atoms with E-state index >= 15 is 0 Å². The number of nitrogens with one attached hydrogen (secondary N) is 1. The second kappa shape index (κ2) is 7.92. The largest absolute Gasteiger partial charge is 0.338 e. The summed E-state index contributed by atoms with van der Waals surface area (Å²) >= 11 is 5.78. The summed E-state index contributed by atoms with van der Waals surface area (Å²) in [4.78, 5) is 30.9. The van der Waals surface area contributed by atoms with Gasteiger partial charge in [0.2, 0.25) is 11.8 Å². The van der Waals surface area contributed by atoms with Crippen LogP contribution in [0.3, 0.4) is 0 Å². The normalized spacial score (nSPS) is 28.2. The number of nitriles is 1. The van der Waals surface area contributed by atoms with Crippen LogP contribution in [0.1, 0.15) is 32.1 Å². The molecule has 0 spiro atoms. The van der Waals surface area contributed by atoms with Gasteiger partial charge >= 0.3 is 0 Å². The Kier molecular flexibility index (Phi) is 5.66. The first-order chi connectivity index (χ1) is 15.0. The first kappa shape index (κ1) is 22.9. The molecule has 3 aliphatic rings. The second-order valence-corrected chi connectivity index (χ2v) is 11.3. The summed E-state index contributed by atoms with van der Waals surface area (Å²) < 4.78 is 53.6. The van der Waals surface area contributed by atoms with Crippen molar-refractivity contribution in [2.45, 2.75) is 53.8 Å². The van der Waals surface area contributed by atoms with Crippen molar-refractivity contribution < 1.29 is 26.8 Å². The molecule has 0 radical (unpaired) electrons. The predicted octanol–water partition coefficient (Wildman–Crippen LogP) is 1.94. The molecule has 12 heteroatoms. The summed E-state index contributed by atoms with van der Waals surface area (Å²) in [6.07, 6.45) is 1.29. The zero-order valence-corrected chi connectivity index (χ0v) is 18.5. The van der Waals surface area contributed by atoms with Gasteiger partial charge in [-0.2, -0.15) is 5.26 Å². The number of alkyl halides is 2. The van der Waals surface area contributed by atoms with E-state index < -0.39 is 63.2 Å². The van der Waals surface area contributed by atoms with Crippen molar-refractivity contribution >= 4 is 33.3 Å². The number of halogens is 3. The molecule has 1 aromatic heterocycles. The lowest BCUT2D eigenvalue weighted by Crippen LogP contribution is -2.45. The highest BCUT2D eigenvalue weighted by Crippen LogP contribution is 2.42. The summed E-state index contributed by atoms with van der Waals surface area (Å²) in [5.74, 6) is -6.40. The summed E-state index contributed by atoms with van der Waals surface area (Å²) in [5.41, 5.74) is -1.000. The number of rotatable bonds is 5. The SMILES string of the molecule is N#CC1(NC(=O)[C@@H]2C[C@H](S(=O)(=O)c3ccc(Cl)cn3)C[C@H]2C(=O)N2CCC(F)(F)C2)CC1. The van der Waals surface area contributed by atoms with E-state index in [4.69, 9.17) is 11.6 Å². The second-order valence-electron chi connectivity index (χ2n) is 8.71. The highest BCUT2D eigenvalue weighted by Gasteiger charge is 2.53. The highest BCUT2D eigenvalue weighted by molar-refractivity contribution is 7.92. The summed E-state index contributed by atoms with van der Waals surface area (Å²) in [6.45, 7) is -0.913. The van der Waals surface area contributed by atoms with Crippen LogP contribution in [0, 0.1) is 23.2 Å². The number of pyridine rings is 1. The van der Waals surface area contributed by atoms with E-state index in [2.05, 4.69) is 10.3 Å². The summed E-state index contributed by atoms with van der Waals surface area (Å²) in [5, 5.41) is 10.8. The molecule has 2 amide bonds. The number of likely N-dealkylation sites (tertiary alicyclic amines) is 1. The van der Waals surface area contributed by atoms with E-state index in [1.54, 1.807) is 0 Å². The molecule has 2 heterocycles. The van der Waals surface area contributed by atoms with Gasteiger partial charge in [0.25, 0.3) is 5.92 Å². The fraction of sp³-hybridized carbons (Fsp3) is 0.600. The first-order valence-electron chi connectivity index (χ1n) is 10.2. The van der Waals surface area contributed by atoms with Crippen LogP contribution in [0.2, 0.25) is 5.02 Å². The maximum atomic E-state index is 13.7. The maximum absolute atomic E-state index is 13.7. The van der Waals surface area contributed by atoms with Gasteiger partial charge in [0.15, 0.2) is 14.9 Å². The monoisotopic (exact) mass is 486 g/mol. The van der Waals surface area contributed by atoms with Crippen molar-refractivity contribution in [3.63, 3.8) is 0 Å². The molecule has 0 unspecified atom stereocenters. The molecule has 1 aliphatic heterocycles. The molecule has 0 bridgehead atoms. The Bertz CT molecular complexity index is 1090. The third-order valence-corrected chi connectivity index (χ3v) is 8.72. The van der Waals surface area contributed by atoms with Crippen molar-refractivity contribution in [1.29, 1.82) is 5.26 Å². The molecule has 1 saturated heterocycles. The molecule has 1 aromatic rings. The van der Waals surface area contributed by atoms with E-state index in [1.807, 2.05) is 6.07 Å². The van der Waals surface area contributed by atoms with Crippen LogP contribution in [-0.2, 0) is 19.4 Å².